The summed E-state index contributed by atoms with van der Waals surface area (Å²) in [7, 11) is 0. The summed E-state index contributed by atoms with van der Waals surface area (Å²) in [6, 6.07) is 6.14. The van der Waals surface area contributed by atoms with Crippen molar-refractivity contribution >= 4 is 5.78 Å². The third-order valence-electron chi connectivity index (χ3n) is 3.48. The van der Waals surface area contributed by atoms with E-state index in [2.05, 4.69) is 24.0 Å². The molecule has 0 amide bonds. The molecule has 0 aromatic heterocycles. The number of hydrogen-bond donors (Lipinski definition) is 0. The summed E-state index contributed by atoms with van der Waals surface area (Å²) in [5.74, 6) is 0.164. The Morgan fingerprint density at radius 1 is 1.24 bits per heavy atom. The number of unbranched alkanes of at least 4 members (excludes halogenated alkanes) is 2. The van der Waals surface area contributed by atoms with Gasteiger partial charge in [0.25, 0.3) is 0 Å². The van der Waals surface area contributed by atoms with E-state index in [1.807, 2.05) is 6.07 Å². The molecule has 1 heterocycles. The van der Waals surface area contributed by atoms with E-state index >= 15 is 0 Å². The van der Waals surface area contributed by atoms with Gasteiger partial charge in [0.1, 0.15) is 0 Å². The van der Waals surface area contributed by atoms with Crippen LogP contribution in [0.4, 0.5) is 0 Å². The predicted octanol–water partition coefficient (Wildman–Crippen LogP) is 3.40. The number of nitrogens with zero attached hydrogens (tertiary/aromatic N) is 1. The molecule has 0 saturated carbocycles. The first-order chi connectivity index (χ1) is 8.20. The summed E-state index contributed by atoms with van der Waals surface area (Å²) < 4.78 is 0. The molecular weight excluding hydrogens is 210 g/mol. The molecule has 0 aliphatic carbocycles. The normalized spacial score (nSPS) is 14.9. The second kappa shape index (κ2) is 5.46. The van der Waals surface area contributed by atoms with Crippen LogP contribution in [0, 0.1) is 0 Å². The highest BCUT2D eigenvalue weighted by atomic mass is 16.1. The van der Waals surface area contributed by atoms with E-state index in [9.17, 15) is 4.79 Å². The van der Waals surface area contributed by atoms with Crippen LogP contribution in [0.15, 0.2) is 18.2 Å². The molecule has 0 unspecified atom stereocenters. The number of benzene rings is 1. The number of ketones is 1. The number of rotatable bonds is 5. The smallest absolute Gasteiger partial charge is 0.159 e. The topological polar surface area (TPSA) is 20.3 Å². The molecule has 0 bridgehead atoms. The lowest BCUT2D eigenvalue weighted by Crippen LogP contribution is -2.17. The van der Waals surface area contributed by atoms with Gasteiger partial charge in [-0.05, 0) is 37.1 Å². The zero-order valence-electron chi connectivity index (χ0n) is 10.8. The van der Waals surface area contributed by atoms with E-state index in [0.29, 0.717) is 0 Å². The zero-order chi connectivity index (χ0) is 12.3. The molecule has 1 aromatic rings. The average Bonchev–Trinajstić information content (AvgIpc) is 2.70. The van der Waals surface area contributed by atoms with Crippen molar-refractivity contribution in [2.75, 3.05) is 6.54 Å². The Hall–Kier alpha value is -1.15. The highest BCUT2D eigenvalue weighted by Gasteiger charge is 2.18. The van der Waals surface area contributed by atoms with Gasteiger partial charge in [-0.2, -0.15) is 0 Å². The third kappa shape index (κ3) is 2.95. The molecule has 0 fully saturated rings. The summed E-state index contributed by atoms with van der Waals surface area (Å²) >= 11 is 0. The van der Waals surface area contributed by atoms with Gasteiger partial charge in [-0.15, -0.1) is 0 Å². The van der Waals surface area contributed by atoms with E-state index in [0.717, 1.165) is 18.7 Å². The summed E-state index contributed by atoms with van der Waals surface area (Å²) in [5.41, 5.74) is 3.58. The van der Waals surface area contributed by atoms with Gasteiger partial charge in [0.05, 0.1) is 0 Å². The Morgan fingerprint density at radius 3 is 2.71 bits per heavy atom. The van der Waals surface area contributed by atoms with Gasteiger partial charge in [0.2, 0.25) is 0 Å². The van der Waals surface area contributed by atoms with E-state index in [-0.39, 0.29) is 5.78 Å². The van der Waals surface area contributed by atoms with E-state index in [4.69, 9.17) is 0 Å². The fourth-order valence-corrected chi connectivity index (χ4v) is 2.43. The van der Waals surface area contributed by atoms with Crippen LogP contribution in [0.1, 0.15) is 54.6 Å². The minimum Gasteiger partial charge on any atom is -0.295 e. The van der Waals surface area contributed by atoms with Crippen LogP contribution in [0.5, 0.6) is 0 Å². The Labute approximate surface area is 104 Å². The number of carbonyl (C=O) groups is 1. The number of carbonyl (C=O) groups excluding carboxylic acids is 1. The van der Waals surface area contributed by atoms with Crippen molar-refractivity contribution < 1.29 is 4.79 Å². The largest absolute Gasteiger partial charge is 0.295 e. The summed E-state index contributed by atoms with van der Waals surface area (Å²) in [6.07, 6.45) is 3.87. The van der Waals surface area contributed by atoms with Crippen LogP contribution in [0.2, 0.25) is 0 Å². The molecule has 17 heavy (non-hydrogen) atoms. The summed E-state index contributed by atoms with van der Waals surface area (Å²) in [5, 5.41) is 0. The first-order valence-corrected chi connectivity index (χ1v) is 6.56. The zero-order valence-corrected chi connectivity index (χ0v) is 10.8. The van der Waals surface area contributed by atoms with Crippen molar-refractivity contribution in [1.29, 1.82) is 0 Å². The average molecular weight is 231 g/mol. The molecule has 0 radical (unpaired) electrons. The first-order valence-electron chi connectivity index (χ1n) is 6.56. The molecule has 0 spiro atoms. The monoisotopic (exact) mass is 231 g/mol. The lowest BCUT2D eigenvalue weighted by Gasteiger charge is -2.13. The minimum absolute atomic E-state index is 0.164. The Kier molecular flexibility index (Phi) is 3.95. The van der Waals surface area contributed by atoms with Gasteiger partial charge in [0, 0.05) is 18.7 Å². The fraction of sp³-hybridized carbons (Fsp3) is 0.533. The van der Waals surface area contributed by atoms with Gasteiger partial charge < -0.3 is 0 Å². The molecule has 0 atom stereocenters. The van der Waals surface area contributed by atoms with Gasteiger partial charge in [-0.1, -0.05) is 31.9 Å². The molecule has 1 aromatic carbocycles. The maximum absolute atomic E-state index is 11.3. The molecule has 1 aliphatic rings. The van der Waals surface area contributed by atoms with Gasteiger partial charge in [0.15, 0.2) is 5.78 Å². The van der Waals surface area contributed by atoms with E-state index < -0.39 is 0 Å². The van der Waals surface area contributed by atoms with Crippen molar-refractivity contribution in [2.45, 2.75) is 46.2 Å². The fourth-order valence-electron chi connectivity index (χ4n) is 2.43. The number of hydrogen-bond acceptors (Lipinski definition) is 2. The molecule has 0 saturated heterocycles. The summed E-state index contributed by atoms with van der Waals surface area (Å²) in [4.78, 5) is 13.8. The van der Waals surface area contributed by atoms with Crippen molar-refractivity contribution in [3.8, 4) is 0 Å². The Balaban J connectivity index is 1.99. The predicted molar refractivity (Wildman–Crippen MR) is 70.1 cm³/mol. The van der Waals surface area contributed by atoms with Crippen LogP contribution in [-0.4, -0.2) is 17.2 Å². The lowest BCUT2D eigenvalue weighted by atomic mass is 10.0. The highest BCUT2D eigenvalue weighted by molar-refractivity contribution is 5.94. The first kappa shape index (κ1) is 12.3. The summed E-state index contributed by atoms with van der Waals surface area (Å²) in [6.45, 7) is 7.11. The van der Waals surface area contributed by atoms with Crippen LogP contribution >= 0.6 is 0 Å². The van der Waals surface area contributed by atoms with Gasteiger partial charge in [-0.25, -0.2) is 0 Å². The molecular formula is C15H21NO. The molecule has 2 heteroatoms. The van der Waals surface area contributed by atoms with Crippen molar-refractivity contribution in [3.63, 3.8) is 0 Å². The lowest BCUT2D eigenvalue weighted by molar-refractivity contribution is 0.101. The van der Waals surface area contributed by atoms with Crippen molar-refractivity contribution in [3.05, 3.63) is 34.9 Å². The van der Waals surface area contributed by atoms with E-state index in [1.54, 1.807) is 6.92 Å². The second-order valence-electron chi connectivity index (χ2n) is 4.96. The van der Waals surface area contributed by atoms with E-state index in [1.165, 1.54) is 36.9 Å². The Bertz CT molecular complexity index is 411. The molecule has 92 valence electrons. The quantitative estimate of drug-likeness (QED) is 0.572. The maximum Gasteiger partial charge on any atom is 0.159 e. The van der Waals surface area contributed by atoms with Gasteiger partial charge in [-0.3, -0.25) is 9.69 Å². The number of Topliss-reactive ketones (excluding diaryl/α,β-unsaturated/α-hetero) is 1. The van der Waals surface area contributed by atoms with Crippen molar-refractivity contribution in [2.24, 2.45) is 0 Å². The molecule has 2 rings (SSSR count). The molecule has 2 nitrogen and oxygen atoms in total. The van der Waals surface area contributed by atoms with Crippen LogP contribution in [0.25, 0.3) is 0 Å². The number of fused-ring (bicyclic) bond motifs is 1. The van der Waals surface area contributed by atoms with Crippen LogP contribution in [-0.2, 0) is 13.1 Å². The van der Waals surface area contributed by atoms with Crippen LogP contribution < -0.4 is 0 Å². The Morgan fingerprint density at radius 2 is 2.00 bits per heavy atom. The second-order valence-corrected chi connectivity index (χ2v) is 4.96. The minimum atomic E-state index is 0.164. The highest BCUT2D eigenvalue weighted by Crippen LogP contribution is 2.24. The molecule has 1 aliphatic heterocycles. The SMILES string of the molecule is CCCCCN1Cc2ccc(C(C)=O)cc2C1. The maximum atomic E-state index is 11.3. The standard InChI is InChI=1S/C15H21NO/c1-3-4-5-8-16-10-14-7-6-13(12(2)17)9-15(14)11-16/h6-7,9H,3-5,8,10-11H2,1-2H3. The molecule has 0 N–H and O–H groups in total. The van der Waals surface area contributed by atoms with Gasteiger partial charge >= 0.3 is 0 Å². The van der Waals surface area contributed by atoms with Crippen molar-refractivity contribution in [1.82, 2.24) is 4.90 Å². The van der Waals surface area contributed by atoms with Crippen LogP contribution in [0.3, 0.4) is 0 Å². The third-order valence-corrected chi connectivity index (χ3v) is 3.48.